The highest BCUT2D eigenvalue weighted by Gasteiger charge is 2.47. The van der Waals surface area contributed by atoms with Gasteiger partial charge >= 0.3 is 24.4 Å². The van der Waals surface area contributed by atoms with E-state index in [-0.39, 0.29) is 25.7 Å². The van der Waals surface area contributed by atoms with Gasteiger partial charge in [0.25, 0.3) is 0 Å². The van der Waals surface area contributed by atoms with Crippen molar-refractivity contribution >= 4 is 12.1 Å². The van der Waals surface area contributed by atoms with Crippen molar-refractivity contribution in [3.05, 3.63) is 70.0 Å². The van der Waals surface area contributed by atoms with E-state index in [0.717, 1.165) is 23.1 Å². The molecule has 0 saturated carbocycles. The topological polar surface area (TPSA) is 82.1 Å². The fraction of sp³-hybridized carbons (Fsp3) is 0.440. The van der Waals surface area contributed by atoms with Gasteiger partial charge < -0.3 is 20.2 Å². The van der Waals surface area contributed by atoms with Crippen molar-refractivity contribution < 1.29 is 50.3 Å². The van der Waals surface area contributed by atoms with Crippen LogP contribution in [0.4, 0.5) is 35.5 Å². The molecule has 1 heterocycles. The molecule has 2 aromatic rings. The van der Waals surface area contributed by atoms with E-state index in [1.165, 1.54) is 19.1 Å². The van der Waals surface area contributed by atoms with Gasteiger partial charge in [-0.15, -0.1) is 5.06 Å². The summed E-state index contributed by atoms with van der Waals surface area (Å²) in [5.41, 5.74) is -4.25. The van der Waals surface area contributed by atoms with Crippen LogP contribution in [0.15, 0.2) is 36.4 Å². The van der Waals surface area contributed by atoms with Gasteiger partial charge in [0.15, 0.2) is 0 Å². The van der Waals surface area contributed by atoms with E-state index in [4.69, 9.17) is 4.84 Å². The van der Waals surface area contributed by atoms with Crippen LogP contribution in [0.25, 0.3) is 0 Å². The first-order valence-corrected chi connectivity index (χ1v) is 11.7. The summed E-state index contributed by atoms with van der Waals surface area (Å²) in [7, 11) is 1.13. The number of piperazine rings is 1. The number of carbonyl (C=O) groups is 2. The number of halogens is 7. The molecule has 1 aliphatic rings. The first-order valence-electron chi connectivity index (χ1n) is 11.7. The average molecular weight is 565 g/mol. The molecule has 0 unspecified atom stereocenters. The molecule has 1 aliphatic heterocycles. The third-order valence-electron chi connectivity index (χ3n) is 6.67. The molecule has 3 rings (SSSR count). The Bertz CT molecular complexity index is 1200. The highest BCUT2D eigenvalue weighted by Crippen LogP contribution is 2.39. The van der Waals surface area contributed by atoms with Gasteiger partial charge in [0.1, 0.15) is 11.4 Å². The average Bonchev–Trinajstić information content (AvgIpc) is 2.82. The Morgan fingerprint density at radius 1 is 1.10 bits per heavy atom. The summed E-state index contributed by atoms with van der Waals surface area (Å²) in [5, 5.41) is 13.8. The van der Waals surface area contributed by atoms with Crippen molar-refractivity contribution in [2.45, 2.75) is 44.2 Å². The largest absolute Gasteiger partial charge is 0.481 e. The number of aryl methyl sites for hydroxylation is 1. The highest BCUT2D eigenvalue weighted by molar-refractivity contribution is 5.70. The molecular weight excluding hydrogens is 539 g/mol. The predicted molar refractivity (Wildman–Crippen MR) is 124 cm³/mol. The molecule has 7 nitrogen and oxygen atoms in total. The first kappa shape index (κ1) is 30.2. The zero-order valence-corrected chi connectivity index (χ0v) is 21.1. The molecule has 1 saturated heterocycles. The van der Waals surface area contributed by atoms with E-state index in [2.05, 4.69) is 5.32 Å². The molecule has 1 fully saturated rings. The zero-order valence-electron chi connectivity index (χ0n) is 21.1. The van der Waals surface area contributed by atoms with Gasteiger partial charge in [0, 0.05) is 26.7 Å². The Hall–Kier alpha value is -3.39. The molecule has 2 atom stereocenters. The molecule has 2 N–H and O–H groups in total. The Morgan fingerprint density at radius 2 is 1.69 bits per heavy atom. The van der Waals surface area contributed by atoms with Crippen LogP contribution in [0.5, 0.6) is 0 Å². The lowest BCUT2D eigenvalue weighted by Gasteiger charge is -2.46. The normalized spacial score (nSPS) is 19.4. The fourth-order valence-corrected chi connectivity index (χ4v) is 4.55. The van der Waals surface area contributed by atoms with Crippen LogP contribution in [0.3, 0.4) is 0 Å². The number of carboxylic acid groups (broad SMARTS) is 1. The first-order chi connectivity index (χ1) is 18.0. The Balaban J connectivity index is 1.96. The van der Waals surface area contributed by atoms with Crippen LogP contribution >= 0.6 is 0 Å². The quantitative estimate of drug-likeness (QED) is 0.451. The molecule has 2 aromatic carbocycles. The van der Waals surface area contributed by atoms with E-state index in [0.29, 0.717) is 23.3 Å². The molecule has 14 heteroatoms. The SMILES string of the molecule is Cc1cc(F)ccc1[C@@]1(CC(=O)O)CNCCN1OC(=O)N(C)[C@H](C)c1cc(C(F)(F)F)cc(C(F)(F)F)c1. The standard InChI is InChI=1S/C25H26F7N3O4/c1-14-8-19(26)4-5-20(14)23(12-21(36)37)13-33-6-7-35(23)39-22(38)34(3)15(2)16-9-17(24(27,28)29)11-18(10-16)25(30,31)32/h4-5,8-11,15,33H,6-7,12-13H2,1-3H3,(H,36,37)/t15-,23-/m1/s1. The number of hydrogen-bond acceptors (Lipinski definition) is 5. The van der Waals surface area contributed by atoms with E-state index in [1.54, 1.807) is 6.92 Å². The van der Waals surface area contributed by atoms with E-state index in [1.807, 2.05) is 0 Å². The smallest absolute Gasteiger partial charge is 0.429 e. The van der Waals surface area contributed by atoms with Crippen molar-refractivity contribution in [1.82, 2.24) is 15.3 Å². The highest BCUT2D eigenvalue weighted by atomic mass is 19.4. The number of rotatable bonds is 6. The maximum atomic E-state index is 13.8. The Kier molecular flexibility index (Phi) is 8.51. The van der Waals surface area contributed by atoms with Crippen LogP contribution in [-0.2, 0) is 27.5 Å². The van der Waals surface area contributed by atoms with E-state index in [9.17, 15) is 45.4 Å². The van der Waals surface area contributed by atoms with Gasteiger partial charge in [-0.2, -0.15) is 26.3 Å². The summed E-state index contributed by atoms with van der Waals surface area (Å²) < 4.78 is 93.7. The second-order valence-corrected chi connectivity index (χ2v) is 9.32. The van der Waals surface area contributed by atoms with Crippen molar-refractivity contribution in [3.8, 4) is 0 Å². The minimum absolute atomic E-state index is 0.0130. The summed E-state index contributed by atoms with van der Waals surface area (Å²) in [6.45, 7) is 3.01. The minimum Gasteiger partial charge on any atom is -0.481 e. The molecule has 0 aliphatic carbocycles. The van der Waals surface area contributed by atoms with Crippen molar-refractivity contribution in [2.24, 2.45) is 0 Å². The van der Waals surface area contributed by atoms with E-state index < -0.39 is 64.9 Å². The molecule has 0 radical (unpaired) electrons. The number of nitrogens with one attached hydrogen (secondary N) is 1. The molecular formula is C25H26F7N3O4. The maximum Gasteiger partial charge on any atom is 0.429 e. The molecule has 0 spiro atoms. The van der Waals surface area contributed by atoms with Crippen LogP contribution in [0.1, 0.15) is 47.2 Å². The molecule has 214 valence electrons. The number of amides is 1. The number of aliphatic carboxylic acids is 1. The fourth-order valence-electron chi connectivity index (χ4n) is 4.55. The van der Waals surface area contributed by atoms with Crippen molar-refractivity contribution in [1.29, 1.82) is 0 Å². The zero-order chi connectivity index (χ0) is 29.3. The predicted octanol–water partition coefficient (Wildman–Crippen LogP) is 5.49. The Morgan fingerprint density at radius 3 is 2.21 bits per heavy atom. The van der Waals surface area contributed by atoms with Gasteiger partial charge in [-0.1, -0.05) is 6.07 Å². The summed E-state index contributed by atoms with van der Waals surface area (Å²) >= 11 is 0. The molecule has 1 amide bonds. The third-order valence-corrected chi connectivity index (χ3v) is 6.67. The molecule has 0 aromatic heterocycles. The van der Waals surface area contributed by atoms with Gasteiger partial charge in [-0.05, 0) is 60.9 Å². The summed E-state index contributed by atoms with van der Waals surface area (Å²) in [6, 6.07) is 3.41. The van der Waals surface area contributed by atoms with Crippen LogP contribution in [-0.4, -0.2) is 53.8 Å². The van der Waals surface area contributed by atoms with Crippen molar-refractivity contribution in [3.63, 3.8) is 0 Å². The summed E-state index contributed by atoms with van der Waals surface area (Å²) in [4.78, 5) is 31.3. The second-order valence-electron chi connectivity index (χ2n) is 9.32. The van der Waals surface area contributed by atoms with Gasteiger partial charge in [0.2, 0.25) is 0 Å². The van der Waals surface area contributed by atoms with Gasteiger partial charge in [-0.3, -0.25) is 4.79 Å². The van der Waals surface area contributed by atoms with E-state index >= 15 is 0 Å². The number of carboxylic acids is 1. The lowest BCUT2D eigenvalue weighted by molar-refractivity contribution is -0.202. The maximum absolute atomic E-state index is 13.8. The number of carbonyl (C=O) groups excluding carboxylic acids is 1. The lowest BCUT2D eigenvalue weighted by Crippen LogP contribution is -2.61. The van der Waals surface area contributed by atoms with Crippen LogP contribution in [0, 0.1) is 12.7 Å². The summed E-state index contributed by atoms with van der Waals surface area (Å²) in [5.74, 6) is -1.82. The number of hydrogen-bond donors (Lipinski definition) is 2. The number of hydroxylamine groups is 2. The second kappa shape index (κ2) is 11.0. The minimum atomic E-state index is -5.07. The molecule has 0 bridgehead atoms. The van der Waals surface area contributed by atoms with Gasteiger partial charge in [-0.25, -0.2) is 9.18 Å². The number of nitrogens with zero attached hydrogens (tertiary/aromatic N) is 2. The van der Waals surface area contributed by atoms with Crippen LogP contribution < -0.4 is 5.32 Å². The third kappa shape index (κ3) is 6.61. The van der Waals surface area contributed by atoms with Crippen LogP contribution in [0.2, 0.25) is 0 Å². The monoisotopic (exact) mass is 565 g/mol. The number of benzene rings is 2. The summed E-state index contributed by atoms with van der Waals surface area (Å²) in [6.07, 6.45) is -11.9. The molecule has 39 heavy (non-hydrogen) atoms. The Labute approximate surface area is 219 Å². The number of alkyl halides is 6. The lowest BCUT2D eigenvalue weighted by atomic mass is 9.82. The van der Waals surface area contributed by atoms with Crippen molar-refractivity contribution in [2.75, 3.05) is 26.7 Å². The van der Waals surface area contributed by atoms with Gasteiger partial charge in [0.05, 0.1) is 23.6 Å².